The number of nitrogens with one attached hydrogen (secondary N) is 1. The Kier molecular flexibility index (Phi) is 10.9. The number of carbonyl (C=O) groups excluding carboxylic acids is 3. The predicted molar refractivity (Wildman–Crippen MR) is 138 cm³/mol. The largest absolute Gasteiger partial charge is 0.490 e. The normalized spacial score (nSPS) is 20.0. The maximum atomic E-state index is 12.8. The molecule has 2 aliphatic heterocycles. The first kappa shape index (κ1) is 32.4. The third-order valence-electron chi connectivity index (χ3n) is 6.13. The van der Waals surface area contributed by atoms with Gasteiger partial charge in [0, 0.05) is 5.75 Å². The lowest BCUT2D eigenvalue weighted by Crippen LogP contribution is -2.70. The average Bonchev–Trinajstić information content (AvgIpc) is 2.86. The Morgan fingerprint density at radius 3 is 2.30 bits per heavy atom. The molecule has 0 spiro atoms. The molecule has 1 unspecified atom stereocenters. The Morgan fingerprint density at radius 2 is 1.80 bits per heavy atom. The van der Waals surface area contributed by atoms with E-state index in [9.17, 15) is 37.5 Å². The van der Waals surface area contributed by atoms with Gasteiger partial charge in [-0.05, 0) is 24.1 Å². The molecule has 3 atom stereocenters. The maximum absolute atomic E-state index is 12.8. The summed E-state index contributed by atoms with van der Waals surface area (Å²) in [6.07, 6.45) is -1.42. The molecule has 1 saturated heterocycles. The lowest BCUT2D eigenvalue weighted by Gasteiger charge is -2.49. The van der Waals surface area contributed by atoms with Gasteiger partial charge in [-0.2, -0.15) is 13.2 Å². The van der Waals surface area contributed by atoms with E-state index in [1.807, 2.05) is 50.4 Å². The highest BCUT2D eigenvalue weighted by Gasteiger charge is 2.53. The molecule has 1 aromatic rings. The lowest BCUT2D eigenvalue weighted by atomic mass is 10.0. The molecule has 1 fully saturated rings. The molecule has 11 nitrogen and oxygen atoms in total. The van der Waals surface area contributed by atoms with Gasteiger partial charge in [0.25, 0.3) is 11.8 Å². The number of primary amides is 1. The number of likely N-dealkylation sites (N-methyl/N-ethyl adjacent to an activating group) is 1. The average molecular weight is 588 g/mol. The van der Waals surface area contributed by atoms with Crippen LogP contribution in [0, 0.1) is 0 Å². The van der Waals surface area contributed by atoms with Crippen molar-refractivity contribution in [3.8, 4) is 0 Å². The fraction of sp³-hybridized carbons (Fsp3) is 0.400. The number of fused-ring (bicyclic) bond motifs is 1. The number of nitrogens with two attached hydrogens (primary N) is 1. The standard InChI is InChI=1S/C23H28N4O5S.C2HF3O2/c1-3-27(2,13-17(24)28)11-7-10-16-14-33-22-19(21(30)26(22)20(16)23(31)32)25-18(29)12-15-8-5-4-6-9-15;3-2(4,5)1(6)7/h4-10,19,22H,3,11-14H2,1-2H3,(H3-,24,25,28,29,31,32);(H,6,7)/p+1/b10-7+;/t19-,22-,27?;/m1./s1. The molecule has 0 saturated carbocycles. The molecular weight excluding hydrogens is 557 g/mol. The number of amides is 3. The minimum Gasteiger partial charge on any atom is -0.477 e. The summed E-state index contributed by atoms with van der Waals surface area (Å²) < 4.78 is 32.1. The summed E-state index contributed by atoms with van der Waals surface area (Å²) in [6, 6.07) is 8.45. The monoisotopic (exact) mass is 587 g/mol. The van der Waals surface area contributed by atoms with Gasteiger partial charge in [0.05, 0.1) is 26.6 Å². The number of quaternary nitrogens is 1. The van der Waals surface area contributed by atoms with E-state index >= 15 is 0 Å². The van der Waals surface area contributed by atoms with Crippen LogP contribution >= 0.6 is 11.8 Å². The maximum Gasteiger partial charge on any atom is 0.490 e. The fourth-order valence-corrected chi connectivity index (χ4v) is 5.23. The topological polar surface area (TPSA) is 167 Å². The van der Waals surface area contributed by atoms with E-state index in [1.54, 1.807) is 6.08 Å². The number of alkyl halides is 3. The van der Waals surface area contributed by atoms with Gasteiger partial charge in [0.15, 0.2) is 6.54 Å². The smallest absolute Gasteiger partial charge is 0.477 e. The molecule has 0 aliphatic carbocycles. The van der Waals surface area contributed by atoms with Crippen molar-refractivity contribution in [2.24, 2.45) is 5.73 Å². The molecule has 2 aliphatic rings. The number of thioether (sulfide) groups is 1. The Hall–Kier alpha value is -3.85. The van der Waals surface area contributed by atoms with Crippen molar-refractivity contribution in [2.45, 2.75) is 30.9 Å². The Labute approximate surface area is 232 Å². The number of hydrogen-bond donors (Lipinski definition) is 4. The zero-order chi connectivity index (χ0) is 30.3. The molecule has 1 aromatic carbocycles. The first-order valence-corrected chi connectivity index (χ1v) is 13.0. The van der Waals surface area contributed by atoms with Gasteiger partial charge in [-0.3, -0.25) is 19.3 Å². The van der Waals surface area contributed by atoms with Crippen molar-refractivity contribution in [3.63, 3.8) is 0 Å². The van der Waals surface area contributed by atoms with E-state index < -0.39 is 41.3 Å². The van der Waals surface area contributed by atoms with E-state index in [4.69, 9.17) is 15.6 Å². The van der Waals surface area contributed by atoms with Gasteiger partial charge in [-0.25, -0.2) is 9.59 Å². The summed E-state index contributed by atoms with van der Waals surface area (Å²) in [5.74, 6) is -4.67. The van der Waals surface area contributed by atoms with Crippen molar-refractivity contribution in [3.05, 3.63) is 59.3 Å². The Bertz CT molecular complexity index is 1210. The molecule has 40 heavy (non-hydrogen) atoms. The fourth-order valence-electron chi connectivity index (χ4n) is 3.91. The van der Waals surface area contributed by atoms with Crippen LogP contribution in [0.15, 0.2) is 53.8 Å². The first-order chi connectivity index (χ1) is 18.6. The van der Waals surface area contributed by atoms with E-state index in [0.29, 0.717) is 28.9 Å². The lowest BCUT2D eigenvalue weighted by molar-refractivity contribution is -0.894. The van der Waals surface area contributed by atoms with Gasteiger partial charge in [0.2, 0.25) is 5.91 Å². The van der Waals surface area contributed by atoms with Gasteiger partial charge < -0.3 is 25.7 Å². The Balaban J connectivity index is 0.000000708. The number of hydrogen-bond acceptors (Lipinski definition) is 6. The molecule has 0 bridgehead atoms. The Morgan fingerprint density at radius 1 is 1.20 bits per heavy atom. The quantitative estimate of drug-likeness (QED) is 0.233. The number of allylic oxidation sites excluding steroid dienone is 1. The van der Waals surface area contributed by atoms with Crippen molar-refractivity contribution < 1.29 is 51.8 Å². The van der Waals surface area contributed by atoms with E-state index in [-0.39, 0.29) is 24.6 Å². The molecule has 0 aromatic heterocycles. The summed E-state index contributed by atoms with van der Waals surface area (Å²) >= 11 is 1.42. The summed E-state index contributed by atoms with van der Waals surface area (Å²) in [5.41, 5.74) is 6.63. The molecule has 218 valence electrons. The SMILES string of the molecule is CC[N+](C)(C/C=C/C1=C(C(=O)O)N2C(=O)[C@@H](NC(=O)Cc3ccccc3)[C@H]2SC1)CC(N)=O.O=C(O)C(F)(F)F. The van der Waals surface area contributed by atoms with Gasteiger partial charge >= 0.3 is 18.1 Å². The number of carbonyl (C=O) groups is 5. The molecule has 5 N–H and O–H groups in total. The summed E-state index contributed by atoms with van der Waals surface area (Å²) in [7, 11) is 1.90. The number of halogens is 3. The van der Waals surface area contributed by atoms with Crippen LogP contribution in [0.1, 0.15) is 12.5 Å². The second kappa shape index (κ2) is 13.5. The second-order valence-electron chi connectivity index (χ2n) is 9.24. The zero-order valence-electron chi connectivity index (χ0n) is 21.7. The van der Waals surface area contributed by atoms with Crippen LogP contribution in [0.2, 0.25) is 0 Å². The number of carboxylic acids is 2. The number of β-lactam (4-membered cyclic amide) rings is 1. The third-order valence-corrected chi connectivity index (χ3v) is 7.44. The number of aliphatic carboxylic acids is 2. The molecule has 15 heteroatoms. The van der Waals surface area contributed by atoms with Crippen LogP contribution in [0.4, 0.5) is 13.2 Å². The summed E-state index contributed by atoms with van der Waals surface area (Å²) in [6.45, 7) is 3.31. The van der Waals surface area contributed by atoms with Crippen LogP contribution in [0.3, 0.4) is 0 Å². The van der Waals surface area contributed by atoms with Crippen LogP contribution in [-0.2, 0) is 30.4 Å². The molecule has 3 rings (SSSR count). The number of carboxylic acid groups (broad SMARTS) is 2. The van der Waals surface area contributed by atoms with Crippen molar-refractivity contribution >= 4 is 41.4 Å². The highest BCUT2D eigenvalue weighted by Crippen LogP contribution is 2.40. The first-order valence-electron chi connectivity index (χ1n) is 11.9. The van der Waals surface area contributed by atoms with Crippen LogP contribution < -0.4 is 11.1 Å². The highest BCUT2D eigenvalue weighted by molar-refractivity contribution is 8.00. The molecule has 3 amide bonds. The highest BCUT2D eigenvalue weighted by atomic mass is 32.2. The predicted octanol–water partition coefficient (Wildman–Crippen LogP) is 1.11. The molecule has 2 heterocycles. The minimum absolute atomic E-state index is 0.0610. The van der Waals surface area contributed by atoms with E-state index in [2.05, 4.69) is 5.32 Å². The number of nitrogens with zero attached hydrogens (tertiary/aromatic N) is 2. The molecule has 0 radical (unpaired) electrons. The van der Waals surface area contributed by atoms with E-state index in [0.717, 1.165) is 5.56 Å². The number of rotatable bonds is 10. The van der Waals surface area contributed by atoms with Crippen molar-refractivity contribution in [1.82, 2.24) is 10.2 Å². The summed E-state index contributed by atoms with van der Waals surface area (Å²) in [4.78, 5) is 58.6. The number of benzene rings is 1. The third kappa shape index (κ3) is 8.58. The zero-order valence-corrected chi connectivity index (χ0v) is 22.5. The van der Waals surface area contributed by atoms with Gasteiger partial charge in [0.1, 0.15) is 17.1 Å². The van der Waals surface area contributed by atoms with E-state index in [1.165, 1.54) is 16.7 Å². The van der Waals surface area contributed by atoms with Crippen LogP contribution in [-0.4, -0.2) is 99.3 Å². The van der Waals surface area contributed by atoms with Gasteiger partial charge in [-0.15, -0.1) is 11.8 Å². The molecular formula is C25H30F3N4O7S+. The van der Waals surface area contributed by atoms with Gasteiger partial charge in [-0.1, -0.05) is 36.4 Å². The second-order valence-corrected chi connectivity index (χ2v) is 10.3. The minimum atomic E-state index is -5.08. The van der Waals surface area contributed by atoms with Crippen LogP contribution in [0.25, 0.3) is 0 Å². The van der Waals surface area contributed by atoms with Crippen molar-refractivity contribution in [2.75, 3.05) is 32.4 Å². The van der Waals surface area contributed by atoms with Crippen molar-refractivity contribution in [1.29, 1.82) is 0 Å². The van der Waals surface area contributed by atoms with Crippen LogP contribution in [0.5, 0.6) is 0 Å². The summed E-state index contributed by atoms with van der Waals surface area (Å²) in [5, 5.41) is 19.2.